The summed E-state index contributed by atoms with van der Waals surface area (Å²) in [4.78, 5) is 0. The van der Waals surface area contributed by atoms with Gasteiger partial charge in [0.05, 0.1) is 0 Å². The average molecular weight is 368 g/mol. The minimum Gasteiger partial charge on any atom is -0.440 e. The highest BCUT2D eigenvalue weighted by Crippen LogP contribution is 2.46. The second kappa shape index (κ2) is 7.40. The Bertz CT molecular complexity index is 1030. The maximum absolute atomic E-state index is 9.76. The largest absolute Gasteiger partial charge is 0.440 e. The maximum atomic E-state index is 9.76. The number of hydrogen-bond donors (Lipinski definition) is 1. The summed E-state index contributed by atoms with van der Waals surface area (Å²) < 4.78 is 6.02. The van der Waals surface area contributed by atoms with Crippen molar-refractivity contribution in [1.82, 2.24) is 0 Å². The third kappa shape index (κ3) is 3.34. The first-order valence-corrected chi connectivity index (χ1v) is 9.71. The lowest BCUT2D eigenvalue weighted by molar-refractivity contribution is 0.277. The SMILES string of the molecule is Cc1ccc(/C=C2\CCCC3=C2OC(N)=C(C#N)[C@@H]3c2ccc(C)cc2)cc1. The molecule has 0 saturated heterocycles. The monoisotopic (exact) mass is 368 g/mol. The Hall–Kier alpha value is -3.25. The summed E-state index contributed by atoms with van der Waals surface area (Å²) in [6.07, 6.45) is 5.09. The van der Waals surface area contributed by atoms with Crippen LogP contribution in [0.4, 0.5) is 0 Å². The maximum Gasteiger partial charge on any atom is 0.205 e. The predicted octanol–water partition coefficient (Wildman–Crippen LogP) is 5.63. The molecule has 1 aliphatic heterocycles. The van der Waals surface area contributed by atoms with Gasteiger partial charge >= 0.3 is 0 Å². The molecule has 0 unspecified atom stereocenters. The Labute approximate surface area is 166 Å². The number of allylic oxidation sites excluding steroid dienone is 3. The first-order chi connectivity index (χ1) is 13.6. The fourth-order valence-electron chi connectivity index (χ4n) is 4.04. The Morgan fingerprint density at radius 2 is 1.64 bits per heavy atom. The van der Waals surface area contributed by atoms with Crippen LogP contribution in [0.3, 0.4) is 0 Å². The summed E-state index contributed by atoms with van der Waals surface area (Å²) in [6.45, 7) is 4.15. The summed E-state index contributed by atoms with van der Waals surface area (Å²) >= 11 is 0. The van der Waals surface area contributed by atoms with Gasteiger partial charge in [0.2, 0.25) is 5.88 Å². The van der Waals surface area contributed by atoms with Gasteiger partial charge in [-0.2, -0.15) is 5.26 Å². The van der Waals surface area contributed by atoms with Crippen molar-refractivity contribution in [2.45, 2.75) is 39.0 Å². The number of nitriles is 1. The zero-order valence-corrected chi connectivity index (χ0v) is 16.3. The number of hydrogen-bond acceptors (Lipinski definition) is 3. The molecule has 2 aromatic carbocycles. The van der Waals surface area contributed by atoms with Crippen molar-refractivity contribution in [1.29, 1.82) is 5.26 Å². The molecule has 1 heterocycles. The topological polar surface area (TPSA) is 59.0 Å². The molecule has 28 heavy (non-hydrogen) atoms. The van der Waals surface area contributed by atoms with E-state index in [4.69, 9.17) is 10.5 Å². The Morgan fingerprint density at radius 1 is 1.00 bits per heavy atom. The zero-order valence-electron chi connectivity index (χ0n) is 16.3. The van der Waals surface area contributed by atoms with Crippen molar-refractivity contribution in [2.75, 3.05) is 0 Å². The van der Waals surface area contributed by atoms with Crippen molar-refractivity contribution in [3.8, 4) is 6.07 Å². The van der Waals surface area contributed by atoms with Crippen LogP contribution in [0.25, 0.3) is 6.08 Å². The fraction of sp³-hybridized carbons (Fsp3) is 0.240. The van der Waals surface area contributed by atoms with E-state index >= 15 is 0 Å². The number of ether oxygens (including phenoxy) is 1. The summed E-state index contributed by atoms with van der Waals surface area (Å²) in [5, 5.41) is 9.76. The summed E-state index contributed by atoms with van der Waals surface area (Å²) in [6, 6.07) is 19.1. The lowest BCUT2D eigenvalue weighted by Crippen LogP contribution is -2.23. The molecule has 140 valence electrons. The van der Waals surface area contributed by atoms with Crippen molar-refractivity contribution in [3.05, 3.63) is 99.1 Å². The summed E-state index contributed by atoms with van der Waals surface area (Å²) in [5.41, 5.74) is 13.7. The third-order valence-corrected chi connectivity index (χ3v) is 5.54. The molecule has 2 N–H and O–H groups in total. The van der Waals surface area contributed by atoms with Gasteiger partial charge in [0.15, 0.2) is 0 Å². The second-order valence-electron chi connectivity index (χ2n) is 7.62. The third-order valence-electron chi connectivity index (χ3n) is 5.54. The molecule has 0 spiro atoms. The van der Waals surface area contributed by atoms with E-state index < -0.39 is 0 Å². The van der Waals surface area contributed by atoms with Gasteiger partial charge in [-0.15, -0.1) is 0 Å². The molecular weight excluding hydrogens is 344 g/mol. The smallest absolute Gasteiger partial charge is 0.205 e. The van der Waals surface area contributed by atoms with Gasteiger partial charge in [-0.05, 0) is 61.5 Å². The molecule has 3 heteroatoms. The lowest BCUT2D eigenvalue weighted by atomic mass is 9.77. The van der Waals surface area contributed by atoms with Crippen molar-refractivity contribution in [2.24, 2.45) is 5.73 Å². The minimum atomic E-state index is -0.129. The van der Waals surface area contributed by atoms with Crippen LogP contribution >= 0.6 is 0 Å². The van der Waals surface area contributed by atoms with E-state index in [9.17, 15) is 5.26 Å². The van der Waals surface area contributed by atoms with Crippen molar-refractivity contribution >= 4 is 6.08 Å². The number of nitrogens with zero attached hydrogens (tertiary/aromatic N) is 1. The molecule has 1 atom stereocenters. The van der Waals surface area contributed by atoms with Gasteiger partial charge in [-0.25, -0.2) is 0 Å². The van der Waals surface area contributed by atoms with E-state index in [2.05, 4.69) is 74.5 Å². The molecular formula is C25H24N2O. The van der Waals surface area contributed by atoms with E-state index in [0.717, 1.165) is 41.7 Å². The predicted molar refractivity (Wildman–Crippen MR) is 112 cm³/mol. The molecule has 4 rings (SSSR count). The molecule has 2 aliphatic rings. The second-order valence-corrected chi connectivity index (χ2v) is 7.62. The van der Waals surface area contributed by atoms with Crippen LogP contribution in [0.5, 0.6) is 0 Å². The number of benzene rings is 2. The van der Waals surface area contributed by atoms with Crippen molar-refractivity contribution < 1.29 is 4.74 Å². The quantitative estimate of drug-likeness (QED) is 0.747. The first-order valence-electron chi connectivity index (χ1n) is 9.71. The van der Waals surface area contributed by atoms with Gasteiger partial charge < -0.3 is 10.5 Å². The van der Waals surface area contributed by atoms with Gasteiger partial charge in [0.1, 0.15) is 17.4 Å². The molecule has 0 bridgehead atoms. The van der Waals surface area contributed by atoms with E-state index in [1.54, 1.807) is 0 Å². The Balaban J connectivity index is 1.82. The van der Waals surface area contributed by atoms with Crippen LogP contribution in [-0.2, 0) is 4.74 Å². The molecule has 0 amide bonds. The van der Waals surface area contributed by atoms with E-state index in [0.29, 0.717) is 5.57 Å². The fourth-order valence-corrected chi connectivity index (χ4v) is 4.04. The highest BCUT2D eigenvalue weighted by atomic mass is 16.5. The van der Waals surface area contributed by atoms with E-state index in [1.165, 1.54) is 16.7 Å². The molecule has 0 radical (unpaired) electrons. The lowest BCUT2D eigenvalue weighted by Gasteiger charge is -2.33. The number of aryl methyl sites for hydroxylation is 2. The molecule has 3 nitrogen and oxygen atoms in total. The van der Waals surface area contributed by atoms with Crippen LogP contribution in [0.2, 0.25) is 0 Å². The van der Waals surface area contributed by atoms with Gasteiger partial charge in [-0.3, -0.25) is 0 Å². The Morgan fingerprint density at radius 3 is 2.29 bits per heavy atom. The highest BCUT2D eigenvalue weighted by Gasteiger charge is 2.35. The molecule has 0 fully saturated rings. The summed E-state index contributed by atoms with van der Waals surface area (Å²) in [7, 11) is 0. The van der Waals surface area contributed by atoms with E-state index in [-0.39, 0.29) is 11.8 Å². The van der Waals surface area contributed by atoms with Crippen LogP contribution < -0.4 is 5.73 Å². The zero-order chi connectivity index (χ0) is 19.7. The Kier molecular flexibility index (Phi) is 4.79. The van der Waals surface area contributed by atoms with Gasteiger partial charge in [0.25, 0.3) is 0 Å². The standard InChI is InChI=1S/C25H24N2O/c1-16-6-10-18(11-7-16)14-20-4-3-5-21-23(19-12-8-17(2)9-13-19)22(15-26)25(27)28-24(20)21/h6-14,23H,3-5,27H2,1-2H3/b20-14+/t23-/m1/s1. The first kappa shape index (κ1) is 18.1. The van der Waals surface area contributed by atoms with Crippen LogP contribution in [-0.4, -0.2) is 0 Å². The number of rotatable bonds is 2. The molecule has 0 saturated carbocycles. The minimum absolute atomic E-state index is 0.129. The highest BCUT2D eigenvalue weighted by molar-refractivity contribution is 5.62. The molecule has 1 aliphatic carbocycles. The average Bonchev–Trinajstić information content (AvgIpc) is 2.70. The number of nitrogens with two attached hydrogens (primary N) is 1. The van der Waals surface area contributed by atoms with Gasteiger partial charge in [-0.1, -0.05) is 59.7 Å². The molecule has 2 aromatic rings. The van der Waals surface area contributed by atoms with E-state index in [1.807, 2.05) is 0 Å². The summed E-state index contributed by atoms with van der Waals surface area (Å²) in [5.74, 6) is 0.952. The van der Waals surface area contributed by atoms with Crippen LogP contribution in [0.15, 0.2) is 76.9 Å². The van der Waals surface area contributed by atoms with Crippen LogP contribution in [0.1, 0.15) is 47.4 Å². The van der Waals surface area contributed by atoms with Gasteiger partial charge in [0, 0.05) is 5.92 Å². The normalized spacial score (nSPS) is 20.6. The van der Waals surface area contributed by atoms with Crippen molar-refractivity contribution in [3.63, 3.8) is 0 Å². The molecule has 0 aromatic heterocycles. The van der Waals surface area contributed by atoms with Crippen LogP contribution in [0, 0.1) is 25.2 Å².